The van der Waals surface area contributed by atoms with Crippen LogP contribution in [0.15, 0.2) is 4.52 Å². The molecule has 0 unspecified atom stereocenters. The summed E-state index contributed by atoms with van der Waals surface area (Å²) in [6, 6.07) is 0. The summed E-state index contributed by atoms with van der Waals surface area (Å²) in [6.07, 6.45) is 1.64. The van der Waals surface area contributed by atoms with E-state index in [9.17, 15) is 0 Å². The number of halogens is 1. The van der Waals surface area contributed by atoms with E-state index in [4.69, 9.17) is 16.1 Å². The summed E-state index contributed by atoms with van der Waals surface area (Å²) in [4.78, 5) is 6.33. The highest BCUT2D eigenvalue weighted by Crippen LogP contribution is 2.09. The molecule has 14 heavy (non-hydrogen) atoms. The molecular weight excluding hydrogens is 202 g/mol. The fourth-order valence-corrected chi connectivity index (χ4v) is 1.33. The predicted molar refractivity (Wildman–Crippen MR) is 56.9 cm³/mol. The molecule has 0 N–H and O–H groups in total. The second-order valence-corrected chi connectivity index (χ2v) is 3.33. The molecule has 0 fully saturated rings. The lowest BCUT2D eigenvalue weighted by Crippen LogP contribution is -2.22. The third-order valence-corrected chi connectivity index (χ3v) is 2.30. The van der Waals surface area contributed by atoms with Crippen molar-refractivity contribution < 1.29 is 4.52 Å². The van der Waals surface area contributed by atoms with Crippen LogP contribution in [0.4, 0.5) is 5.95 Å². The van der Waals surface area contributed by atoms with E-state index < -0.39 is 0 Å². The number of alkyl halides is 1. The molecule has 5 heteroatoms. The molecule has 1 aromatic heterocycles. The van der Waals surface area contributed by atoms with Crippen LogP contribution in [-0.4, -0.2) is 29.1 Å². The standard InChI is InChI=1S/C9H16ClN3O/c1-3-13(4-2)9-11-8(14-12-9)6-5-7-10/h3-7H2,1-2H3. The van der Waals surface area contributed by atoms with Crippen LogP contribution in [-0.2, 0) is 6.42 Å². The van der Waals surface area contributed by atoms with Crippen molar-refractivity contribution in [3.63, 3.8) is 0 Å². The normalized spacial score (nSPS) is 10.5. The van der Waals surface area contributed by atoms with Crippen molar-refractivity contribution in [2.24, 2.45) is 0 Å². The molecule has 0 saturated carbocycles. The van der Waals surface area contributed by atoms with E-state index in [0.29, 0.717) is 17.7 Å². The topological polar surface area (TPSA) is 42.2 Å². The Bertz CT molecular complexity index is 260. The summed E-state index contributed by atoms with van der Waals surface area (Å²) >= 11 is 5.58. The molecule has 0 aromatic carbocycles. The molecule has 0 spiro atoms. The Morgan fingerprint density at radius 3 is 2.64 bits per heavy atom. The van der Waals surface area contributed by atoms with Crippen molar-refractivity contribution >= 4 is 17.5 Å². The SMILES string of the molecule is CCN(CC)c1noc(CCCCl)n1. The van der Waals surface area contributed by atoms with Crippen molar-refractivity contribution in [3.8, 4) is 0 Å². The molecule has 4 nitrogen and oxygen atoms in total. The summed E-state index contributed by atoms with van der Waals surface area (Å²) in [7, 11) is 0. The lowest BCUT2D eigenvalue weighted by atomic mass is 10.3. The van der Waals surface area contributed by atoms with Crippen LogP contribution < -0.4 is 4.90 Å². The summed E-state index contributed by atoms with van der Waals surface area (Å²) < 4.78 is 5.09. The first-order valence-corrected chi connectivity index (χ1v) is 5.48. The van der Waals surface area contributed by atoms with E-state index in [1.807, 2.05) is 4.90 Å². The van der Waals surface area contributed by atoms with Crippen LogP contribution in [0, 0.1) is 0 Å². The molecule has 0 bridgehead atoms. The maximum Gasteiger partial charge on any atom is 0.266 e. The highest BCUT2D eigenvalue weighted by molar-refractivity contribution is 6.17. The molecule has 0 amide bonds. The third kappa shape index (κ3) is 2.87. The Labute approximate surface area is 89.2 Å². The lowest BCUT2D eigenvalue weighted by molar-refractivity contribution is 0.376. The molecule has 1 rings (SSSR count). The Kier molecular flexibility index (Phi) is 4.73. The maximum atomic E-state index is 5.58. The Hall–Kier alpha value is -0.770. The zero-order valence-electron chi connectivity index (χ0n) is 8.66. The van der Waals surface area contributed by atoms with E-state index in [0.717, 1.165) is 25.9 Å². The summed E-state index contributed by atoms with van der Waals surface area (Å²) in [5, 5.41) is 3.91. The number of hydrogen-bond donors (Lipinski definition) is 0. The lowest BCUT2D eigenvalue weighted by Gasteiger charge is -2.14. The number of hydrogen-bond acceptors (Lipinski definition) is 4. The highest BCUT2D eigenvalue weighted by Gasteiger charge is 2.10. The quantitative estimate of drug-likeness (QED) is 0.685. The van der Waals surface area contributed by atoms with Crippen LogP contribution in [0.25, 0.3) is 0 Å². The van der Waals surface area contributed by atoms with Gasteiger partial charge in [-0.2, -0.15) is 4.98 Å². The van der Waals surface area contributed by atoms with Crippen molar-refractivity contribution in [2.45, 2.75) is 26.7 Å². The van der Waals surface area contributed by atoms with Gasteiger partial charge in [-0.15, -0.1) is 11.6 Å². The van der Waals surface area contributed by atoms with E-state index in [2.05, 4.69) is 24.0 Å². The maximum absolute atomic E-state index is 5.58. The fraction of sp³-hybridized carbons (Fsp3) is 0.778. The zero-order valence-corrected chi connectivity index (χ0v) is 9.42. The number of aromatic nitrogens is 2. The predicted octanol–water partition coefficient (Wildman–Crippen LogP) is 2.09. The molecule has 1 aromatic rings. The molecule has 0 atom stereocenters. The second kappa shape index (κ2) is 5.86. The van der Waals surface area contributed by atoms with Crippen LogP contribution in [0.3, 0.4) is 0 Å². The van der Waals surface area contributed by atoms with Gasteiger partial charge in [-0.3, -0.25) is 0 Å². The van der Waals surface area contributed by atoms with Crippen molar-refractivity contribution in [2.75, 3.05) is 23.9 Å². The second-order valence-electron chi connectivity index (χ2n) is 2.95. The van der Waals surface area contributed by atoms with Crippen molar-refractivity contribution in [1.82, 2.24) is 10.1 Å². The minimum atomic E-state index is 0.628. The van der Waals surface area contributed by atoms with Gasteiger partial charge < -0.3 is 9.42 Å². The Morgan fingerprint density at radius 1 is 1.36 bits per heavy atom. The number of rotatable bonds is 6. The molecule has 0 radical (unpaired) electrons. The number of aryl methyl sites for hydroxylation is 1. The van der Waals surface area contributed by atoms with Crippen molar-refractivity contribution in [1.29, 1.82) is 0 Å². The number of anilines is 1. The third-order valence-electron chi connectivity index (χ3n) is 2.03. The number of nitrogens with zero attached hydrogens (tertiary/aromatic N) is 3. The summed E-state index contributed by atoms with van der Waals surface area (Å²) in [6.45, 7) is 5.92. The summed E-state index contributed by atoms with van der Waals surface area (Å²) in [5.41, 5.74) is 0. The van der Waals surface area contributed by atoms with Gasteiger partial charge in [0.05, 0.1) is 0 Å². The molecular formula is C9H16ClN3O. The van der Waals surface area contributed by atoms with Gasteiger partial charge in [-0.05, 0) is 25.4 Å². The zero-order chi connectivity index (χ0) is 10.4. The van der Waals surface area contributed by atoms with Crippen LogP contribution in [0.5, 0.6) is 0 Å². The average molecular weight is 218 g/mol. The van der Waals surface area contributed by atoms with Gasteiger partial charge >= 0.3 is 0 Å². The molecule has 0 saturated heterocycles. The van der Waals surface area contributed by atoms with Crippen LogP contribution in [0.2, 0.25) is 0 Å². The van der Waals surface area contributed by atoms with Gasteiger partial charge in [0.1, 0.15) is 0 Å². The van der Waals surface area contributed by atoms with E-state index in [-0.39, 0.29) is 0 Å². The summed E-state index contributed by atoms with van der Waals surface area (Å²) in [5.74, 6) is 1.98. The van der Waals surface area contributed by atoms with Gasteiger partial charge in [-0.1, -0.05) is 0 Å². The van der Waals surface area contributed by atoms with Gasteiger partial charge in [0.15, 0.2) is 0 Å². The first-order chi connectivity index (χ1) is 6.81. The van der Waals surface area contributed by atoms with Gasteiger partial charge in [0.25, 0.3) is 5.95 Å². The first kappa shape index (κ1) is 11.3. The largest absolute Gasteiger partial charge is 0.339 e. The van der Waals surface area contributed by atoms with Crippen LogP contribution in [0.1, 0.15) is 26.2 Å². The highest BCUT2D eigenvalue weighted by atomic mass is 35.5. The van der Waals surface area contributed by atoms with Crippen LogP contribution >= 0.6 is 11.6 Å². The van der Waals surface area contributed by atoms with E-state index >= 15 is 0 Å². The molecule has 0 aliphatic rings. The smallest absolute Gasteiger partial charge is 0.266 e. The average Bonchev–Trinajstić information content (AvgIpc) is 2.65. The van der Waals surface area contributed by atoms with Gasteiger partial charge in [0, 0.05) is 25.4 Å². The Morgan fingerprint density at radius 2 is 2.07 bits per heavy atom. The van der Waals surface area contributed by atoms with Gasteiger partial charge in [0.2, 0.25) is 5.89 Å². The molecule has 80 valence electrons. The molecule has 0 aliphatic heterocycles. The Balaban J connectivity index is 2.57. The molecule has 1 heterocycles. The van der Waals surface area contributed by atoms with E-state index in [1.54, 1.807) is 0 Å². The van der Waals surface area contributed by atoms with E-state index in [1.165, 1.54) is 0 Å². The first-order valence-electron chi connectivity index (χ1n) is 4.95. The van der Waals surface area contributed by atoms with Gasteiger partial charge in [-0.25, -0.2) is 0 Å². The molecule has 0 aliphatic carbocycles. The van der Waals surface area contributed by atoms with Crippen molar-refractivity contribution in [3.05, 3.63) is 5.89 Å². The minimum Gasteiger partial charge on any atom is -0.339 e. The monoisotopic (exact) mass is 217 g/mol. The minimum absolute atomic E-state index is 0.628. The fourth-order valence-electron chi connectivity index (χ4n) is 1.20.